The van der Waals surface area contributed by atoms with E-state index in [1.807, 2.05) is 6.92 Å². The number of hydrogen-bond acceptors (Lipinski definition) is 4. The van der Waals surface area contributed by atoms with Gasteiger partial charge in [-0.05, 0) is 25.1 Å². The molecule has 7 nitrogen and oxygen atoms in total. The number of rotatable bonds is 4. The first-order valence-corrected chi connectivity index (χ1v) is 9.29. The van der Waals surface area contributed by atoms with Crippen LogP contribution in [0.3, 0.4) is 0 Å². The van der Waals surface area contributed by atoms with Crippen LogP contribution in [0.2, 0.25) is 0 Å². The van der Waals surface area contributed by atoms with Gasteiger partial charge in [0.05, 0.1) is 15.9 Å². The molecule has 1 aromatic heterocycles. The molecule has 1 fully saturated rings. The van der Waals surface area contributed by atoms with Crippen LogP contribution in [-0.4, -0.2) is 60.3 Å². The summed E-state index contributed by atoms with van der Waals surface area (Å²) in [6.07, 6.45) is 0.806. The van der Waals surface area contributed by atoms with E-state index < -0.39 is 10.0 Å². The summed E-state index contributed by atoms with van der Waals surface area (Å²) in [6.45, 7) is 5.01. The van der Waals surface area contributed by atoms with E-state index in [1.54, 1.807) is 6.07 Å². The van der Waals surface area contributed by atoms with Crippen LogP contribution in [0, 0.1) is 11.8 Å². The molecule has 1 aliphatic rings. The van der Waals surface area contributed by atoms with Gasteiger partial charge >= 0.3 is 5.69 Å². The van der Waals surface area contributed by atoms with E-state index in [0.29, 0.717) is 37.2 Å². The highest BCUT2D eigenvalue weighted by molar-refractivity contribution is 7.89. The lowest BCUT2D eigenvalue weighted by molar-refractivity contribution is 0.192. The molecule has 0 aliphatic carbocycles. The van der Waals surface area contributed by atoms with Gasteiger partial charge in [0.2, 0.25) is 10.0 Å². The van der Waals surface area contributed by atoms with E-state index >= 15 is 0 Å². The highest BCUT2D eigenvalue weighted by Crippen LogP contribution is 2.20. The molecule has 24 heavy (non-hydrogen) atoms. The van der Waals surface area contributed by atoms with Gasteiger partial charge in [0.15, 0.2) is 0 Å². The van der Waals surface area contributed by atoms with Crippen molar-refractivity contribution in [1.29, 1.82) is 0 Å². The summed E-state index contributed by atoms with van der Waals surface area (Å²) in [4.78, 5) is 18.9. The van der Waals surface area contributed by atoms with Crippen molar-refractivity contribution in [2.24, 2.45) is 0 Å². The van der Waals surface area contributed by atoms with E-state index in [-0.39, 0.29) is 10.6 Å². The van der Waals surface area contributed by atoms with Crippen LogP contribution in [-0.2, 0) is 10.0 Å². The largest absolute Gasteiger partial charge is 0.323 e. The van der Waals surface area contributed by atoms with Crippen molar-refractivity contribution in [3.05, 3.63) is 28.7 Å². The lowest BCUT2D eigenvalue weighted by Gasteiger charge is -2.33. The van der Waals surface area contributed by atoms with Gasteiger partial charge in [-0.2, -0.15) is 4.31 Å². The fourth-order valence-corrected chi connectivity index (χ4v) is 4.30. The van der Waals surface area contributed by atoms with Gasteiger partial charge in [0.1, 0.15) is 0 Å². The average Bonchev–Trinajstić information content (AvgIpc) is 2.94. The third-order valence-corrected chi connectivity index (χ3v) is 6.08. The van der Waals surface area contributed by atoms with Crippen LogP contribution >= 0.6 is 0 Å². The molecule has 8 heteroatoms. The molecule has 0 spiro atoms. The topological polar surface area (TPSA) is 89.3 Å². The zero-order chi connectivity index (χ0) is 17.2. The number of nitrogens with zero attached hydrogens (tertiary/aromatic N) is 2. The standard InChI is InChI=1S/C16H20N4O3S/c1-2-3-4-7-19-8-10-20(11-9-19)24(22,23)13-5-6-14-15(12-13)18-16(21)17-14/h5-6,12H,4,7-11H2,1H3,(H2,17,18,21). The lowest BCUT2D eigenvalue weighted by atomic mass is 10.3. The second kappa shape index (κ2) is 6.81. The van der Waals surface area contributed by atoms with Crippen LogP contribution in [0.25, 0.3) is 11.0 Å². The molecule has 0 atom stereocenters. The van der Waals surface area contributed by atoms with Crippen molar-refractivity contribution >= 4 is 21.1 Å². The molecule has 1 saturated heterocycles. The Kier molecular flexibility index (Phi) is 4.76. The number of fused-ring (bicyclic) bond motifs is 1. The second-order valence-corrected chi connectivity index (χ2v) is 7.65. The molecule has 1 aliphatic heterocycles. The van der Waals surface area contributed by atoms with Gasteiger partial charge in [-0.15, -0.1) is 11.8 Å². The van der Waals surface area contributed by atoms with Crippen molar-refractivity contribution < 1.29 is 8.42 Å². The number of H-pyrrole nitrogens is 2. The molecule has 1 aromatic carbocycles. The minimum absolute atomic E-state index is 0.204. The molecule has 2 aromatic rings. The molecule has 0 radical (unpaired) electrons. The normalized spacial score (nSPS) is 16.9. The van der Waals surface area contributed by atoms with Crippen LogP contribution < -0.4 is 5.69 Å². The number of benzene rings is 1. The fraction of sp³-hybridized carbons (Fsp3) is 0.438. The van der Waals surface area contributed by atoms with E-state index in [1.165, 1.54) is 16.4 Å². The van der Waals surface area contributed by atoms with Gasteiger partial charge in [-0.25, -0.2) is 13.2 Å². The van der Waals surface area contributed by atoms with Crippen LogP contribution in [0.5, 0.6) is 0 Å². The zero-order valence-corrected chi connectivity index (χ0v) is 14.3. The minimum atomic E-state index is -3.55. The monoisotopic (exact) mass is 348 g/mol. The highest BCUT2D eigenvalue weighted by Gasteiger charge is 2.28. The number of nitrogens with one attached hydrogen (secondary N) is 2. The van der Waals surface area contributed by atoms with Gasteiger partial charge in [0.25, 0.3) is 0 Å². The summed E-state index contributed by atoms with van der Waals surface area (Å²) in [5.41, 5.74) is 0.752. The molecule has 0 amide bonds. The van der Waals surface area contributed by atoms with Crippen molar-refractivity contribution in [3.63, 3.8) is 0 Å². The highest BCUT2D eigenvalue weighted by atomic mass is 32.2. The fourth-order valence-electron chi connectivity index (χ4n) is 2.85. The predicted octanol–water partition coefficient (Wildman–Crippen LogP) is 0.576. The molecule has 0 bridgehead atoms. The zero-order valence-electron chi connectivity index (χ0n) is 13.5. The Morgan fingerprint density at radius 1 is 1.12 bits per heavy atom. The SMILES string of the molecule is CC#CCCN1CCN(S(=O)(=O)c2ccc3[nH]c(=O)[nH]c3c2)CC1. The number of imidazole rings is 1. The maximum absolute atomic E-state index is 12.8. The Bertz CT molecular complexity index is 941. The Hall–Kier alpha value is -2.08. The third-order valence-electron chi connectivity index (χ3n) is 4.19. The number of piperazine rings is 1. The summed E-state index contributed by atoms with van der Waals surface area (Å²) in [7, 11) is -3.55. The van der Waals surface area contributed by atoms with Crippen molar-refractivity contribution in [1.82, 2.24) is 19.2 Å². The first-order chi connectivity index (χ1) is 11.5. The molecule has 0 unspecified atom stereocenters. The lowest BCUT2D eigenvalue weighted by Crippen LogP contribution is -2.48. The molecular formula is C16H20N4O3S. The molecule has 2 heterocycles. The maximum atomic E-state index is 12.8. The number of aromatic amines is 2. The summed E-state index contributed by atoms with van der Waals surface area (Å²) < 4.78 is 27.1. The van der Waals surface area contributed by atoms with Crippen molar-refractivity contribution in [2.45, 2.75) is 18.2 Å². The Morgan fingerprint density at radius 3 is 2.54 bits per heavy atom. The molecule has 3 rings (SSSR count). The Balaban J connectivity index is 1.73. The van der Waals surface area contributed by atoms with E-state index in [4.69, 9.17) is 0 Å². The quantitative estimate of drug-likeness (QED) is 0.791. The van der Waals surface area contributed by atoms with Gasteiger partial charge in [0, 0.05) is 39.1 Å². The van der Waals surface area contributed by atoms with Crippen LogP contribution in [0.15, 0.2) is 27.9 Å². The predicted molar refractivity (Wildman–Crippen MR) is 92.2 cm³/mol. The van der Waals surface area contributed by atoms with E-state index in [2.05, 4.69) is 26.7 Å². The smallest absolute Gasteiger partial charge is 0.306 e. The van der Waals surface area contributed by atoms with Gasteiger partial charge < -0.3 is 9.97 Å². The molecule has 2 N–H and O–H groups in total. The number of aromatic nitrogens is 2. The summed E-state index contributed by atoms with van der Waals surface area (Å²) in [6, 6.07) is 4.65. The summed E-state index contributed by atoms with van der Waals surface area (Å²) in [5, 5.41) is 0. The van der Waals surface area contributed by atoms with Crippen molar-refractivity contribution in [3.8, 4) is 11.8 Å². The van der Waals surface area contributed by atoms with Gasteiger partial charge in [-0.3, -0.25) is 4.90 Å². The molecular weight excluding hydrogens is 328 g/mol. The van der Waals surface area contributed by atoms with Crippen molar-refractivity contribution in [2.75, 3.05) is 32.7 Å². The number of hydrogen-bond donors (Lipinski definition) is 2. The molecule has 128 valence electrons. The maximum Gasteiger partial charge on any atom is 0.323 e. The average molecular weight is 348 g/mol. The third kappa shape index (κ3) is 3.38. The first kappa shape index (κ1) is 16.8. The summed E-state index contributed by atoms with van der Waals surface area (Å²) in [5.74, 6) is 5.89. The van der Waals surface area contributed by atoms with E-state index in [9.17, 15) is 13.2 Å². The van der Waals surface area contributed by atoms with Crippen LogP contribution in [0.1, 0.15) is 13.3 Å². The number of sulfonamides is 1. The van der Waals surface area contributed by atoms with Crippen LogP contribution in [0.4, 0.5) is 0 Å². The Morgan fingerprint density at radius 2 is 1.83 bits per heavy atom. The first-order valence-electron chi connectivity index (χ1n) is 7.85. The second-order valence-electron chi connectivity index (χ2n) is 5.71. The minimum Gasteiger partial charge on any atom is -0.306 e. The summed E-state index contributed by atoms with van der Waals surface area (Å²) >= 11 is 0. The van der Waals surface area contributed by atoms with Gasteiger partial charge in [-0.1, -0.05) is 0 Å². The Labute approximate surface area is 140 Å². The van der Waals surface area contributed by atoms with E-state index in [0.717, 1.165) is 13.0 Å². The molecule has 0 saturated carbocycles.